The Bertz CT molecular complexity index is 897. The van der Waals surface area contributed by atoms with Crippen LogP contribution in [-0.2, 0) is 11.2 Å². The van der Waals surface area contributed by atoms with Crippen molar-refractivity contribution in [3.8, 4) is 11.1 Å². The van der Waals surface area contributed by atoms with Crippen molar-refractivity contribution < 1.29 is 4.79 Å². The van der Waals surface area contributed by atoms with Gasteiger partial charge in [-0.3, -0.25) is 9.78 Å². The molecule has 2 aromatic heterocycles. The van der Waals surface area contributed by atoms with Crippen LogP contribution >= 0.6 is 0 Å². The zero-order valence-electron chi connectivity index (χ0n) is 15.9. The van der Waals surface area contributed by atoms with E-state index in [1.165, 1.54) is 11.9 Å². The van der Waals surface area contributed by atoms with Crippen molar-refractivity contribution in [1.82, 2.24) is 19.9 Å². The third-order valence-electron chi connectivity index (χ3n) is 5.34. The molecular weight excluding hydrogens is 348 g/mol. The first-order valence-corrected chi connectivity index (χ1v) is 9.82. The molecule has 5 nitrogen and oxygen atoms in total. The molecule has 3 heterocycles. The summed E-state index contributed by atoms with van der Waals surface area (Å²) in [6.07, 6.45) is 10.4. The molecule has 28 heavy (non-hydrogen) atoms. The fourth-order valence-corrected chi connectivity index (χ4v) is 3.76. The highest BCUT2D eigenvalue weighted by Gasteiger charge is 2.25. The lowest BCUT2D eigenvalue weighted by Crippen LogP contribution is -2.39. The Hall–Kier alpha value is -3.08. The zero-order chi connectivity index (χ0) is 19.2. The first-order valence-electron chi connectivity index (χ1n) is 9.82. The molecule has 1 saturated heterocycles. The Morgan fingerprint density at radius 2 is 1.82 bits per heavy atom. The Labute approximate surface area is 165 Å². The van der Waals surface area contributed by atoms with Crippen LogP contribution in [-0.4, -0.2) is 38.8 Å². The zero-order valence-corrected chi connectivity index (χ0v) is 15.9. The number of aromatic nitrogens is 3. The summed E-state index contributed by atoms with van der Waals surface area (Å²) < 4.78 is 0. The maximum Gasteiger partial charge on any atom is 0.222 e. The van der Waals surface area contributed by atoms with Gasteiger partial charge in [-0.15, -0.1) is 0 Å². The van der Waals surface area contributed by atoms with E-state index in [2.05, 4.69) is 39.2 Å². The molecular formula is C23H24N4O. The van der Waals surface area contributed by atoms with Crippen molar-refractivity contribution in [2.24, 2.45) is 0 Å². The molecule has 0 radical (unpaired) electrons. The molecule has 5 heteroatoms. The van der Waals surface area contributed by atoms with Gasteiger partial charge < -0.3 is 4.90 Å². The second kappa shape index (κ2) is 8.74. The van der Waals surface area contributed by atoms with Crippen molar-refractivity contribution in [3.05, 3.63) is 78.6 Å². The van der Waals surface area contributed by atoms with Crippen molar-refractivity contribution in [2.45, 2.75) is 31.6 Å². The third-order valence-corrected chi connectivity index (χ3v) is 5.34. The van der Waals surface area contributed by atoms with Crippen LogP contribution in [0.2, 0.25) is 0 Å². The quantitative estimate of drug-likeness (QED) is 0.682. The van der Waals surface area contributed by atoms with Crippen LogP contribution in [0.5, 0.6) is 0 Å². The number of aryl methyl sites for hydroxylation is 1. The fraction of sp³-hybridized carbons (Fsp3) is 0.304. The number of nitrogens with zero attached hydrogens (tertiary/aromatic N) is 4. The molecule has 0 saturated carbocycles. The number of amides is 1. The Kier molecular flexibility index (Phi) is 5.71. The van der Waals surface area contributed by atoms with E-state index in [-0.39, 0.29) is 5.91 Å². The predicted octanol–water partition coefficient (Wildman–Crippen LogP) is 3.88. The first kappa shape index (κ1) is 18.3. The molecule has 1 amide bonds. The van der Waals surface area contributed by atoms with Crippen LogP contribution in [0.4, 0.5) is 0 Å². The summed E-state index contributed by atoms with van der Waals surface area (Å²) in [4.78, 5) is 27.5. The Balaban J connectivity index is 1.37. The van der Waals surface area contributed by atoms with E-state index in [0.717, 1.165) is 49.2 Å². The number of hydrogen-bond acceptors (Lipinski definition) is 4. The highest BCUT2D eigenvalue weighted by atomic mass is 16.2. The average molecular weight is 372 g/mol. The van der Waals surface area contributed by atoms with Crippen LogP contribution in [0, 0.1) is 0 Å². The standard InChI is InChI=1S/C23H24N4O/c28-23(11-8-18-5-2-1-3-6-18)27-12-4-7-20(16-27)22-10-9-19(15-26-22)21-13-24-17-25-14-21/h1-3,5-6,9-10,13-15,17,20H,4,7-8,11-12,16H2/t20-/m1/s1. The average Bonchev–Trinajstić information content (AvgIpc) is 2.79. The number of carbonyl (C=O) groups is 1. The lowest BCUT2D eigenvalue weighted by molar-refractivity contribution is -0.132. The monoisotopic (exact) mass is 372 g/mol. The Morgan fingerprint density at radius 3 is 2.57 bits per heavy atom. The van der Waals surface area contributed by atoms with Gasteiger partial charge in [0, 0.05) is 60.8 Å². The second-order valence-corrected chi connectivity index (χ2v) is 7.26. The number of rotatable bonds is 5. The van der Waals surface area contributed by atoms with E-state index in [0.29, 0.717) is 12.3 Å². The molecule has 0 bridgehead atoms. The van der Waals surface area contributed by atoms with Crippen molar-refractivity contribution in [2.75, 3.05) is 13.1 Å². The smallest absolute Gasteiger partial charge is 0.222 e. The minimum absolute atomic E-state index is 0.242. The van der Waals surface area contributed by atoms with Gasteiger partial charge in [-0.25, -0.2) is 9.97 Å². The summed E-state index contributed by atoms with van der Waals surface area (Å²) in [5.74, 6) is 0.544. The molecule has 1 atom stereocenters. The van der Waals surface area contributed by atoms with E-state index in [1.54, 1.807) is 12.4 Å². The van der Waals surface area contributed by atoms with E-state index in [9.17, 15) is 4.79 Å². The van der Waals surface area contributed by atoms with Gasteiger partial charge in [0.25, 0.3) is 0 Å². The van der Waals surface area contributed by atoms with Gasteiger partial charge in [-0.05, 0) is 30.9 Å². The summed E-state index contributed by atoms with van der Waals surface area (Å²) in [5.41, 5.74) is 4.24. The van der Waals surface area contributed by atoms with Gasteiger partial charge in [0.1, 0.15) is 6.33 Å². The highest BCUT2D eigenvalue weighted by Crippen LogP contribution is 2.27. The third kappa shape index (κ3) is 4.42. The molecule has 0 N–H and O–H groups in total. The maximum absolute atomic E-state index is 12.7. The van der Waals surface area contributed by atoms with Crippen LogP contribution in [0.1, 0.15) is 36.4 Å². The van der Waals surface area contributed by atoms with Crippen molar-refractivity contribution in [1.29, 1.82) is 0 Å². The molecule has 1 fully saturated rings. The van der Waals surface area contributed by atoms with E-state index >= 15 is 0 Å². The first-order chi connectivity index (χ1) is 13.8. The fourth-order valence-electron chi connectivity index (χ4n) is 3.76. The molecule has 1 aliphatic rings. The van der Waals surface area contributed by atoms with Gasteiger partial charge in [0.05, 0.1) is 0 Å². The van der Waals surface area contributed by atoms with Gasteiger partial charge in [-0.1, -0.05) is 36.4 Å². The second-order valence-electron chi connectivity index (χ2n) is 7.26. The molecule has 0 unspecified atom stereocenters. The predicted molar refractivity (Wildman–Crippen MR) is 109 cm³/mol. The van der Waals surface area contributed by atoms with E-state index < -0.39 is 0 Å². The molecule has 0 spiro atoms. The number of piperidine rings is 1. The summed E-state index contributed by atoms with van der Waals surface area (Å²) in [6, 6.07) is 14.3. The lowest BCUT2D eigenvalue weighted by Gasteiger charge is -2.32. The summed E-state index contributed by atoms with van der Waals surface area (Å²) >= 11 is 0. The largest absolute Gasteiger partial charge is 0.342 e. The lowest BCUT2D eigenvalue weighted by atomic mass is 9.93. The van der Waals surface area contributed by atoms with Crippen LogP contribution in [0.25, 0.3) is 11.1 Å². The van der Waals surface area contributed by atoms with Crippen LogP contribution in [0.3, 0.4) is 0 Å². The number of benzene rings is 1. The molecule has 1 aliphatic heterocycles. The minimum Gasteiger partial charge on any atom is -0.342 e. The summed E-state index contributed by atoms with van der Waals surface area (Å²) in [6.45, 7) is 1.61. The van der Waals surface area contributed by atoms with Gasteiger partial charge in [0.15, 0.2) is 0 Å². The number of hydrogen-bond donors (Lipinski definition) is 0. The molecule has 142 valence electrons. The number of likely N-dealkylation sites (tertiary alicyclic amines) is 1. The van der Waals surface area contributed by atoms with Crippen molar-refractivity contribution >= 4 is 5.91 Å². The molecule has 4 rings (SSSR count). The van der Waals surface area contributed by atoms with E-state index in [4.69, 9.17) is 0 Å². The van der Waals surface area contributed by atoms with Gasteiger partial charge in [0.2, 0.25) is 5.91 Å². The molecule has 3 aromatic rings. The molecule has 1 aromatic carbocycles. The topological polar surface area (TPSA) is 59.0 Å². The van der Waals surface area contributed by atoms with Gasteiger partial charge in [-0.2, -0.15) is 0 Å². The SMILES string of the molecule is O=C(CCc1ccccc1)N1CCC[C@@H](c2ccc(-c3cncnc3)cn2)C1. The number of pyridine rings is 1. The molecule has 0 aliphatic carbocycles. The number of carbonyl (C=O) groups excluding carboxylic acids is 1. The van der Waals surface area contributed by atoms with Gasteiger partial charge >= 0.3 is 0 Å². The summed E-state index contributed by atoms with van der Waals surface area (Å²) in [5, 5.41) is 0. The van der Waals surface area contributed by atoms with Crippen molar-refractivity contribution in [3.63, 3.8) is 0 Å². The van der Waals surface area contributed by atoms with Crippen LogP contribution in [0.15, 0.2) is 67.4 Å². The normalized spacial score (nSPS) is 16.7. The van der Waals surface area contributed by atoms with E-state index in [1.807, 2.05) is 29.3 Å². The van der Waals surface area contributed by atoms with Crippen LogP contribution < -0.4 is 0 Å². The Morgan fingerprint density at radius 1 is 1.00 bits per heavy atom. The minimum atomic E-state index is 0.242. The maximum atomic E-state index is 12.7. The highest BCUT2D eigenvalue weighted by molar-refractivity contribution is 5.76. The summed E-state index contributed by atoms with van der Waals surface area (Å²) in [7, 11) is 0.